The van der Waals surface area contributed by atoms with Crippen molar-refractivity contribution in [3.8, 4) is 11.3 Å². The summed E-state index contributed by atoms with van der Waals surface area (Å²) in [5, 5.41) is 16.9. The molecule has 31 heavy (non-hydrogen) atoms. The summed E-state index contributed by atoms with van der Waals surface area (Å²) in [6, 6.07) is 17.0. The third-order valence-electron chi connectivity index (χ3n) is 5.02. The van der Waals surface area contributed by atoms with Crippen molar-refractivity contribution in [2.75, 3.05) is 23.3 Å². The Morgan fingerprint density at radius 3 is 2.45 bits per heavy atom. The number of hydrogen-bond donors (Lipinski definition) is 2. The van der Waals surface area contributed by atoms with Crippen LogP contribution in [0.25, 0.3) is 11.3 Å². The van der Waals surface area contributed by atoms with Crippen LogP contribution in [0.15, 0.2) is 65.1 Å². The van der Waals surface area contributed by atoms with E-state index in [2.05, 4.69) is 15.5 Å². The lowest BCUT2D eigenvalue weighted by atomic mass is 10.1. The van der Waals surface area contributed by atoms with E-state index in [0.29, 0.717) is 5.56 Å². The number of para-hydroxylation sites is 1. The van der Waals surface area contributed by atoms with E-state index in [4.69, 9.17) is 16.6 Å². The van der Waals surface area contributed by atoms with Gasteiger partial charge in [-0.3, -0.25) is 20.2 Å². The molecule has 2 aromatic carbocycles. The molecule has 4 rings (SSSR count). The lowest BCUT2D eigenvalue weighted by molar-refractivity contribution is -0.384. The van der Waals surface area contributed by atoms with Gasteiger partial charge < -0.3 is 14.6 Å². The molecule has 1 aliphatic rings. The van der Waals surface area contributed by atoms with E-state index in [1.165, 1.54) is 31.0 Å². The number of carbonyl (C=O) groups excluding carboxylic acids is 1. The molecule has 0 aliphatic carbocycles. The number of furan rings is 1. The second-order valence-electron chi connectivity index (χ2n) is 7.09. The fourth-order valence-corrected chi connectivity index (χ4v) is 3.71. The predicted octanol–water partition coefficient (Wildman–Crippen LogP) is 4.58. The number of thiocarbonyl (C=S) groups is 1. The molecule has 9 heteroatoms. The van der Waals surface area contributed by atoms with Gasteiger partial charge in [-0.25, -0.2) is 0 Å². The Bertz CT molecular complexity index is 1120. The fraction of sp³-hybridized carbons (Fsp3) is 0.182. The number of benzene rings is 2. The van der Waals surface area contributed by atoms with Gasteiger partial charge in [0.15, 0.2) is 10.9 Å². The number of nitro groups is 1. The van der Waals surface area contributed by atoms with Crippen molar-refractivity contribution in [2.24, 2.45) is 0 Å². The van der Waals surface area contributed by atoms with Crippen molar-refractivity contribution >= 4 is 40.3 Å². The average Bonchev–Trinajstić information content (AvgIpc) is 3.47. The Kier molecular flexibility index (Phi) is 5.94. The minimum Gasteiger partial charge on any atom is -0.451 e. The monoisotopic (exact) mass is 436 g/mol. The van der Waals surface area contributed by atoms with Gasteiger partial charge in [0, 0.05) is 30.5 Å². The summed E-state index contributed by atoms with van der Waals surface area (Å²) in [6.07, 6.45) is 2.42. The number of carbonyl (C=O) groups is 1. The summed E-state index contributed by atoms with van der Waals surface area (Å²) in [4.78, 5) is 25.5. The molecule has 1 saturated heterocycles. The largest absolute Gasteiger partial charge is 0.451 e. The van der Waals surface area contributed by atoms with Gasteiger partial charge >= 0.3 is 0 Å². The first kappa shape index (κ1) is 20.5. The minimum absolute atomic E-state index is 0.00156. The Balaban J connectivity index is 1.39. The summed E-state index contributed by atoms with van der Waals surface area (Å²) in [7, 11) is 0. The molecular formula is C22H20N4O4S. The molecule has 1 aromatic heterocycles. The molecule has 1 fully saturated rings. The first-order valence-electron chi connectivity index (χ1n) is 9.82. The molecule has 0 saturated carbocycles. The lowest BCUT2D eigenvalue weighted by Gasteiger charge is -2.18. The predicted molar refractivity (Wildman–Crippen MR) is 122 cm³/mol. The highest BCUT2D eigenvalue weighted by atomic mass is 32.1. The zero-order valence-electron chi connectivity index (χ0n) is 16.5. The Hall–Kier alpha value is -3.72. The molecule has 158 valence electrons. The second-order valence-corrected chi connectivity index (χ2v) is 7.50. The third kappa shape index (κ3) is 4.72. The van der Waals surface area contributed by atoms with Crippen molar-refractivity contribution in [1.82, 2.24) is 5.32 Å². The van der Waals surface area contributed by atoms with E-state index in [1.54, 1.807) is 18.2 Å². The molecule has 0 radical (unpaired) electrons. The number of rotatable bonds is 5. The fourth-order valence-electron chi connectivity index (χ4n) is 3.50. The van der Waals surface area contributed by atoms with Crippen molar-refractivity contribution < 1.29 is 14.1 Å². The highest BCUT2D eigenvalue weighted by molar-refractivity contribution is 7.80. The van der Waals surface area contributed by atoms with Crippen LogP contribution in [0.4, 0.5) is 17.1 Å². The molecule has 0 spiro atoms. The van der Waals surface area contributed by atoms with E-state index < -0.39 is 10.8 Å². The maximum atomic E-state index is 12.5. The van der Waals surface area contributed by atoms with Crippen molar-refractivity contribution in [3.05, 3.63) is 76.5 Å². The Morgan fingerprint density at radius 1 is 1.03 bits per heavy atom. The van der Waals surface area contributed by atoms with Gasteiger partial charge in [0.1, 0.15) is 5.76 Å². The average molecular weight is 436 g/mol. The zero-order valence-corrected chi connectivity index (χ0v) is 17.4. The first-order chi connectivity index (χ1) is 15.0. The standard InChI is InChI=1S/C22H20N4O4S/c27-21(20-12-11-19(30-20)17-5-1-2-6-18(17)26(28)29)24-22(31)23-15-7-9-16(10-8-15)25-13-3-4-14-25/h1-2,5-12H,3-4,13-14H2,(H2,23,24,27,31). The highest BCUT2D eigenvalue weighted by Gasteiger charge is 2.20. The zero-order chi connectivity index (χ0) is 21.8. The van der Waals surface area contributed by atoms with Crippen LogP contribution >= 0.6 is 12.2 Å². The van der Waals surface area contributed by atoms with E-state index in [-0.39, 0.29) is 22.3 Å². The van der Waals surface area contributed by atoms with Crippen LogP contribution in [-0.4, -0.2) is 29.0 Å². The molecule has 1 aliphatic heterocycles. The van der Waals surface area contributed by atoms with E-state index in [1.807, 2.05) is 24.3 Å². The summed E-state index contributed by atoms with van der Waals surface area (Å²) >= 11 is 5.22. The number of amides is 1. The number of nitro benzene ring substituents is 1. The maximum absolute atomic E-state index is 12.5. The van der Waals surface area contributed by atoms with Gasteiger partial charge in [0.05, 0.1) is 10.5 Å². The normalized spacial score (nSPS) is 13.1. The van der Waals surface area contributed by atoms with E-state index >= 15 is 0 Å². The maximum Gasteiger partial charge on any atom is 0.293 e. The molecular weight excluding hydrogens is 416 g/mol. The second kappa shape index (κ2) is 8.97. The summed E-state index contributed by atoms with van der Waals surface area (Å²) in [6.45, 7) is 2.14. The van der Waals surface area contributed by atoms with Crippen LogP contribution < -0.4 is 15.5 Å². The molecule has 0 bridgehead atoms. The summed E-state index contributed by atoms with van der Waals surface area (Å²) in [5.74, 6) is -0.313. The summed E-state index contributed by atoms with van der Waals surface area (Å²) in [5.41, 5.74) is 2.12. The van der Waals surface area contributed by atoms with Crippen LogP contribution in [0, 0.1) is 10.1 Å². The molecule has 3 aromatic rings. The molecule has 0 atom stereocenters. The van der Waals surface area contributed by atoms with Crippen LogP contribution in [0.1, 0.15) is 23.4 Å². The summed E-state index contributed by atoms with van der Waals surface area (Å²) < 4.78 is 5.54. The van der Waals surface area contributed by atoms with Gasteiger partial charge in [-0.05, 0) is 67.5 Å². The van der Waals surface area contributed by atoms with Crippen LogP contribution in [-0.2, 0) is 0 Å². The molecule has 0 unspecified atom stereocenters. The van der Waals surface area contributed by atoms with Gasteiger partial charge in [-0.1, -0.05) is 12.1 Å². The third-order valence-corrected chi connectivity index (χ3v) is 5.22. The van der Waals surface area contributed by atoms with E-state index in [0.717, 1.165) is 24.5 Å². The van der Waals surface area contributed by atoms with Gasteiger partial charge in [-0.2, -0.15) is 0 Å². The number of hydrogen-bond acceptors (Lipinski definition) is 6. The van der Waals surface area contributed by atoms with Crippen LogP contribution in [0.5, 0.6) is 0 Å². The smallest absolute Gasteiger partial charge is 0.293 e. The molecule has 2 N–H and O–H groups in total. The van der Waals surface area contributed by atoms with E-state index in [9.17, 15) is 14.9 Å². The van der Waals surface area contributed by atoms with Crippen molar-refractivity contribution in [3.63, 3.8) is 0 Å². The Morgan fingerprint density at radius 2 is 1.74 bits per heavy atom. The SMILES string of the molecule is O=C(NC(=S)Nc1ccc(N2CCCC2)cc1)c1ccc(-c2ccccc2[N+](=O)[O-])o1. The van der Waals surface area contributed by atoms with Gasteiger partial charge in [0.25, 0.3) is 11.6 Å². The topological polar surface area (TPSA) is 101 Å². The molecule has 1 amide bonds. The van der Waals surface area contributed by atoms with Crippen LogP contribution in [0.2, 0.25) is 0 Å². The van der Waals surface area contributed by atoms with Crippen LogP contribution in [0.3, 0.4) is 0 Å². The van der Waals surface area contributed by atoms with Gasteiger partial charge in [-0.15, -0.1) is 0 Å². The number of anilines is 2. The quantitative estimate of drug-likeness (QED) is 0.343. The van der Waals surface area contributed by atoms with Crippen molar-refractivity contribution in [2.45, 2.75) is 12.8 Å². The molecule has 8 nitrogen and oxygen atoms in total. The molecule has 2 heterocycles. The minimum atomic E-state index is -0.545. The first-order valence-corrected chi connectivity index (χ1v) is 10.2. The Labute approximate surface area is 184 Å². The van der Waals surface area contributed by atoms with Gasteiger partial charge in [0.2, 0.25) is 0 Å². The van der Waals surface area contributed by atoms with Crippen molar-refractivity contribution in [1.29, 1.82) is 0 Å². The highest BCUT2D eigenvalue weighted by Crippen LogP contribution is 2.30. The number of nitrogens with zero attached hydrogens (tertiary/aromatic N) is 2. The number of nitrogens with one attached hydrogen (secondary N) is 2. The lowest BCUT2D eigenvalue weighted by Crippen LogP contribution is -2.33.